The highest BCUT2D eigenvalue weighted by atomic mass is 16.5. The molecule has 2 aliphatic heterocycles. The predicted octanol–water partition coefficient (Wildman–Crippen LogP) is 2.96. The van der Waals surface area contributed by atoms with Gasteiger partial charge in [0.05, 0.1) is 12.6 Å². The van der Waals surface area contributed by atoms with Crippen LogP contribution in [0.25, 0.3) is 0 Å². The maximum absolute atomic E-state index is 5.93. The van der Waals surface area contributed by atoms with Crippen LogP contribution in [0.1, 0.15) is 37.3 Å². The van der Waals surface area contributed by atoms with Gasteiger partial charge >= 0.3 is 0 Å². The van der Waals surface area contributed by atoms with Crippen molar-refractivity contribution in [2.45, 2.75) is 38.0 Å². The molecule has 2 nitrogen and oxygen atoms in total. The second-order valence-corrected chi connectivity index (χ2v) is 4.80. The third kappa shape index (κ3) is 1.87. The number of hydrogen-bond donors (Lipinski definition) is 0. The predicted molar refractivity (Wildman–Crippen MR) is 64.1 cm³/mol. The normalized spacial score (nSPS) is 31.0. The molecule has 0 bridgehead atoms. The molecular formula is C14H19NO. The van der Waals surface area contributed by atoms with E-state index >= 15 is 0 Å². The molecule has 2 heteroatoms. The second kappa shape index (κ2) is 4.56. The van der Waals surface area contributed by atoms with Crippen LogP contribution in [0.5, 0.6) is 0 Å². The number of benzene rings is 1. The first-order valence-corrected chi connectivity index (χ1v) is 6.37. The summed E-state index contributed by atoms with van der Waals surface area (Å²) in [5.74, 6) is 0. The molecule has 2 unspecified atom stereocenters. The van der Waals surface area contributed by atoms with Crippen molar-refractivity contribution in [1.82, 2.24) is 4.90 Å². The molecule has 0 aromatic heterocycles. The highest BCUT2D eigenvalue weighted by Crippen LogP contribution is 2.34. The topological polar surface area (TPSA) is 12.5 Å². The number of rotatable bonds is 1. The Labute approximate surface area is 97.2 Å². The standard InChI is InChI=1S/C14H19NO/c1-3-7-12(8-4-1)13-11-16-14-9-5-2-6-10-15(13)14/h1,3-4,7-8,13-14H,2,5-6,9-11H2. The summed E-state index contributed by atoms with van der Waals surface area (Å²) in [7, 11) is 0. The molecule has 1 aromatic rings. The smallest absolute Gasteiger partial charge is 0.111 e. The summed E-state index contributed by atoms with van der Waals surface area (Å²) in [6.45, 7) is 2.07. The number of fused-ring (bicyclic) bond motifs is 1. The lowest BCUT2D eigenvalue weighted by molar-refractivity contribution is 0.0303. The van der Waals surface area contributed by atoms with Crippen LogP contribution in [0.2, 0.25) is 0 Å². The van der Waals surface area contributed by atoms with Crippen molar-refractivity contribution in [2.24, 2.45) is 0 Å². The second-order valence-electron chi connectivity index (χ2n) is 4.80. The molecule has 2 fully saturated rings. The van der Waals surface area contributed by atoms with Crippen LogP contribution in [-0.2, 0) is 4.74 Å². The first-order valence-electron chi connectivity index (χ1n) is 6.37. The van der Waals surface area contributed by atoms with Gasteiger partial charge in [-0.15, -0.1) is 0 Å². The molecule has 2 aliphatic rings. The van der Waals surface area contributed by atoms with Gasteiger partial charge in [-0.2, -0.15) is 0 Å². The fourth-order valence-corrected chi connectivity index (χ4v) is 2.90. The number of ether oxygens (including phenoxy) is 1. The maximum atomic E-state index is 5.93. The van der Waals surface area contributed by atoms with Crippen molar-refractivity contribution in [2.75, 3.05) is 13.2 Å². The van der Waals surface area contributed by atoms with Gasteiger partial charge in [0.15, 0.2) is 0 Å². The van der Waals surface area contributed by atoms with E-state index in [1.807, 2.05) is 0 Å². The van der Waals surface area contributed by atoms with E-state index in [1.54, 1.807) is 0 Å². The van der Waals surface area contributed by atoms with Crippen LogP contribution in [0.15, 0.2) is 30.3 Å². The molecule has 86 valence electrons. The van der Waals surface area contributed by atoms with Crippen molar-refractivity contribution in [3.8, 4) is 0 Å². The van der Waals surface area contributed by atoms with Gasteiger partial charge in [-0.05, 0) is 24.8 Å². The Morgan fingerprint density at radius 3 is 2.81 bits per heavy atom. The van der Waals surface area contributed by atoms with E-state index < -0.39 is 0 Å². The molecule has 0 aliphatic carbocycles. The molecule has 0 radical (unpaired) electrons. The molecule has 2 saturated heterocycles. The van der Waals surface area contributed by atoms with Crippen molar-refractivity contribution in [1.29, 1.82) is 0 Å². The van der Waals surface area contributed by atoms with Crippen LogP contribution in [0.3, 0.4) is 0 Å². The summed E-state index contributed by atoms with van der Waals surface area (Å²) in [6.07, 6.45) is 5.60. The molecule has 0 amide bonds. The lowest BCUT2D eigenvalue weighted by atomic mass is 10.1. The van der Waals surface area contributed by atoms with Gasteiger partial charge in [0.25, 0.3) is 0 Å². The summed E-state index contributed by atoms with van der Waals surface area (Å²) in [6, 6.07) is 11.3. The highest BCUT2D eigenvalue weighted by Gasteiger charge is 2.35. The van der Waals surface area contributed by atoms with Gasteiger partial charge in [-0.3, -0.25) is 4.90 Å². The zero-order chi connectivity index (χ0) is 10.8. The van der Waals surface area contributed by atoms with E-state index in [2.05, 4.69) is 35.2 Å². The Kier molecular flexibility index (Phi) is 2.94. The van der Waals surface area contributed by atoms with Gasteiger partial charge < -0.3 is 4.74 Å². The largest absolute Gasteiger partial charge is 0.361 e. The molecule has 2 heterocycles. The number of hydrogen-bond acceptors (Lipinski definition) is 2. The fourth-order valence-electron chi connectivity index (χ4n) is 2.90. The first-order chi connectivity index (χ1) is 7.95. The van der Waals surface area contributed by atoms with Crippen LogP contribution >= 0.6 is 0 Å². The monoisotopic (exact) mass is 217 g/mol. The molecule has 3 rings (SSSR count). The van der Waals surface area contributed by atoms with Gasteiger partial charge in [-0.25, -0.2) is 0 Å². The zero-order valence-electron chi connectivity index (χ0n) is 9.64. The average Bonchev–Trinajstić information content (AvgIpc) is 2.60. The van der Waals surface area contributed by atoms with Crippen molar-refractivity contribution < 1.29 is 4.74 Å². The molecule has 16 heavy (non-hydrogen) atoms. The van der Waals surface area contributed by atoms with E-state index in [0.717, 1.165) is 6.61 Å². The van der Waals surface area contributed by atoms with E-state index in [4.69, 9.17) is 4.74 Å². The zero-order valence-corrected chi connectivity index (χ0v) is 9.64. The SMILES string of the molecule is c1ccc(C2COC3CCCCCN32)cc1. The van der Waals surface area contributed by atoms with Crippen molar-refractivity contribution in [3.05, 3.63) is 35.9 Å². The third-order valence-corrected chi connectivity index (χ3v) is 3.77. The van der Waals surface area contributed by atoms with Crippen LogP contribution in [0.4, 0.5) is 0 Å². The van der Waals surface area contributed by atoms with Gasteiger partial charge in [0, 0.05) is 6.54 Å². The summed E-state index contributed by atoms with van der Waals surface area (Å²) in [5, 5.41) is 0. The Bertz CT molecular complexity index is 338. The quantitative estimate of drug-likeness (QED) is 0.717. The van der Waals surface area contributed by atoms with Crippen LogP contribution in [-0.4, -0.2) is 24.3 Å². The van der Waals surface area contributed by atoms with Gasteiger partial charge in [-0.1, -0.05) is 36.8 Å². The molecular weight excluding hydrogens is 198 g/mol. The summed E-state index contributed by atoms with van der Waals surface area (Å²) >= 11 is 0. The minimum absolute atomic E-state index is 0.382. The number of nitrogens with zero attached hydrogens (tertiary/aromatic N) is 1. The van der Waals surface area contributed by atoms with Crippen molar-refractivity contribution in [3.63, 3.8) is 0 Å². The third-order valence-electron chi connectivity index (χ3n) is 3.77. The van der Waals surface area contributed by atoms with Crippen LogP contribution < -0.4 is 0 Å². The Morgan fingerprint density at radius 2 is 1.94 bits per heavy atom. The Hall–Kier alpha value is -0.860. The molecule has 0 spiro atoms. The highest BCUT2D eigenvalue weighted by molar-refractivity contribution is 5.20. The Morgan fingerprint density at radius 1 is 1.06 bits per heavy atom. The molecule has 0 N–H and O–H groups in total. The Balaban J connectivity index is 1.81. The summed E-state index contributed by atoms with van der Waals surface area (Å²) in [5.41, 5.74) is 1.41. The van der Waals surface area contributed by atoms with E-state index in [1.165, 1.54) is 37.8 Å². The van der Waals surface area contributed by atoms with E-state index in [-0.39, 0.29) is 0 Å². The van der Waals surface area contributed by atoms with Crippen molar-refractivity contribution >= 4 is 0 Å². The lowest BCUT2D eigenvalue weighted by Crippen LogP contribution is -2.31. The summed E-state index contributed by atoms with van der Waals surface area (Å²) in [4.78, 5) is 2.56. The van der Waals surface area contributed by atoms with E-state index in [0.29, 0.717) is 12.3 Å². The van der Waals surface area contributed by atoms with Gasteiger partial charge in [0.1, 0.15) is 6.23 Å². The first kappa shape index (κ1) is 10.3. The maximum Gasteiger partial charge on any atom is 0.111 e. The minimum Gasteiger partial charge on any atom is -0.361 e. The molecule has 2 atom stereocenters. The fraction of sp³-hybridized carbons (Fsp3) is 0.571. The minimum atomic E-state index is 0.382. The van der Waals surface area contributed by atoms with Gasteiger partial charge in [0.2, 0.25) is 0 Å². The lowest BCUT2D eigenvalue weighted by Gasteiger charge is -2.26. The average molecular weight is 217 g/mol. The molecule has 0 saturated carbocycles. The summed E-state index contributed by atoms with van der Waals surface area (Å²) < 4.78 is 5.93. The van der Waals surface area contributed by atoms with Crippen LogP contribution in [0, 0.1) is 0 Å². The van der Waals surface area contributed by atoms with E-state index in [9.17, 15) is 0 Å². The molecule has 1 aromatic carbocycles.